The lowest BCUT2D eigenvalue weighted by Gasteiger charge is -2.07. The van der Waals surface area contributed by atoms with Crippen molar-refractivity contribution < 1.29 is 0 Å². The van der Waals surface area contributed by atoms with E-state index in [1.54, 1.807) is 11.8 Å². The number of aryl methyl sites for hydroxylation is 1. The first-order valence-electron chi connectivity index (χ1n) is 7.38. The predicted octanol–water partition coefficient (Wildman–Crippen LogP) is 4.09. The molecule has 0 saturated carbocycles. The number of aromatic nitrogens is 2. The third kappa shape index (κ3) is 2.92. The number of fused-ring (bicyclic) bond motifs is 1. The molecule has 1 aromatic heterocycles. The van der Waals surface area contributed by atoms with Gasteiger partial charge in [0, 0.05) is 17.0 Å². The molecule has 0 spiro atoms. The van der Waals surface area contributed by atoms with Gasteiger partial charge < -0.3 is 4.98 Å². The maximum Gasteiger partial charge on any atom is 0.254 e. The van der Waals surface area contributed by atoms with E-state index in [0.717, 1.165) is 17.0 Å². The molecule has 3 aromatic rings. The van der Waals surface area contributed by atoms with E-state index in [1.165, 1.54) is 16.3 Å². The molecule has 3 rings (SSSR count). The van der Waals surface area contributed by atoms with E-state index in [1.807, 2.05) is 19.9 Å². The van der Waals surface area contributed by atoms with Crippen molar-refractivity contribution in [2.24, 2.45) is 0 Å². The Balaban J connectivity index is 1.87. The van der Waals surface area contributed by atoms with Crippen molar-refractivity contribution in [1.29, 1.82) is 0 Å². The number of aromatic amines is 1. The van der Waals surface area contributed by atoms with Gasteiger partial charge in [-0.15, -0.1) is 0 Å². The molecule has 0 amide bonds. The molecule has 4 heteroatoms. The minimum absolute atomic E-state index is 0.0181. The van der Waals surface area contributed by atoms with Crippen LogP contribution in [0.4, 0.5) is 0 Å². The standard InChI is InChI=1S/C18H18N2OS/c1-3-15-12(2)19-18(20-17(15)21)22-11-14-9-6-8-13-7-4-5-10-16(13)14/h4-10H,3,11H2,1-2H3,(H,19,20,21). The molecular formula is C18H18N2OS. The first kappa shape index (κ1) is 14.9. The molecule has 0 saturated heterocycles. The van der Waals surface area contributed by atoms with E-state index in [2.05, 4.69) is 46.4 Å². The molecule has 0 unspecified atom stereocenters. The van der Waals surface area contributed by atoms with E-state index in [9.17, 15) is 4.79 Å². The summed E-state index contributed by atoms with van der Waals surface area (Å²) in [4.78, 5) is 19.4. The molecule has 0 aliphatic rings. The van der Waals surface area contributed by atoms with Crippen LogP contribution in [0.3, 0.4) is 0 Å². The van der Waals surface area contributed by atoms with Gasteiger partial charge in [0.2, 0.25) is 0 Å². The monoisotopic (exact) mass is 310 g/mol. The molecule has 112 valence electrons. The van der Waals surface area contributed by atoms with E-state index in [4.69, 9.17) is 0 Å². The summed E-state index contributed by atoms with van der Waals surface area (Å²) in [6.07, 6.45) is 0.711. The minimum atomic E-state index is -0.0181. The largest absolute Gasteiger partial charge is 0.301 e. The zero-order valence-corrected chi connectivity index (χ0v) is 13.5. The van der Waals surface area contributed by atoms with Crippen LogP contribution in [0.5, 0.6) is 0 Å². The highest BCUT2D eigenvalue weighted by Gasteiger charge is 2.08. The molecular weight excluding hydrogens is 292 g/mol. The van der Waals surface area contributed by atoms with E-state index < -0.39 is 0 Å². The number of hydrogen-bond donors (Lipinski definition) is 1. The van der Waals surface area contributed by atoms with Crippen LogP contribution >= 0.6 is 11.8 Å². The summed E-state index contributed by atoms with van der Waals surface area (Å²) in [7, 11) is 0. The van der Waals surface area contributed by atoms with Crippen LogP contribution in [0.1, 0.15) is 23.7 Å². The van der Waals surface area contributed by atoms with Gasteiger partial charge in [0.1, 0.15) is 0 Å². The number of nitrogens with one attached hydrogen (secondary N) is 1. The molecule has 1 N–H and O–H groups in total. The lowest BCUT2D eigenvalue weighted by Crippen LogP contribution is -2.16. The molecule has 0 aliphatic heterocycles. The second kappa shape index (κ2) is 6.36. The number of rotatable bonds is 4. The maximum atomic E-state index is 12.0. The summed E-state index contributed by atoms with van der Waals surface area (Å²) in [6.45, 7) is 3.87. The third-order valence-corrected chi connectivity index (χ3v) is 4.72. The minimum Gasteiger partial charge on any atom is -0.301 e. The van der Waals surface area contributed by atoms with Gasteiger partial charge in [-0.25, -0.2) is 4.98 Å². The summed E-state index contributed by atoms with van der Waals surface area (Å²) >= 11 is 1.57. The van der Waals surface area contributed by atoms with Crippen LogP contribution in [0.25, 0.3) is 10.8 Å². The molecule has 0 aliphatic carbocycles. The summed E-state index contributed by atoms with van der Waals surface area (Å²) < 4.78 is 0. The highest BCUT2D eigenvalue weighted by atomic mass is 32.2. The summed E-state index contributed by atoms with van der Waals surface area (Å²) in [5.74, 6) is 0.787. The summed E-state index contributed by atoms with van der Waals surface area (Å²) in [5.41, 5.74) is 2.83. The fourth-order valence-electron chi connectivity index (χ4n) is 2.63. The van der Waals surface area contributed by atoms with E-state index in [-0.39, 0.29) is 5.56 Å². The second-order valence-corrected chi connectivity index (χ2v) is 6.18. The number of H-pyrrole nitrogens is 1. The molecule has 0 atom stereocenters. The number of hydrogen-bond acceptors (Lipinski definition) is 3. The van der Waals surface area contributed by atoms with Crippen LogP contribution in [0.15, 0.2) is 52.4 Å². The van der Waals surface area contributed by atoms with Crippen molar-refractivity contribution >= 4 is 22.5 Å². The Kier molecular flexibility index (Phi) is 4.29. The van der Waals surface area contributed by atoms with E-state index >= 15 is 0 Å². The number of thioether (sulfide) groups is 1. The lowest BCUT2D eigenvalue weighted by atomic mass is 10.1. The Labute approximate surface area is 133 Å². The Morgan fingerprint density at radius 2 is 1.91 bits per heavy atom. The van der Waals surface area contributed by atoms with E-state index in [0.29, 0.717) is 11.6 Å². The fraction of sp³-hybridized carbons (Fsp3) is 0.222. The molecule has 2 aromatic carbocycles. The van der Waals surface area contributed by atoms with Gasteiger partial charge in [-0.3, -0.25) is 4.79 Å². The summed E-state index contributed by atoms with van der Waals surface area (Å²) in [5, 5.41) is 3.17. The lowest BCUT2D eigenvalue weighted by molar-refractivity contribution is 0.858. The number of nitrogens with zero attached hydrogens (tertiary/aromatic N) is 1. The molecule has 1 heterocycles. The van der Waals surface area contributed by atoms with Crippen LogP contribution in [0, 0.1) is 6.92 Å². The van der Waals surface area contributed by atoms with Gasteiger partial charge >= 0.3 is 0 Å². The van der Waals surface area contributed by atoms with Gasteiger partial charge in [-0.1, -0.05) is 61.2 Å². The molecule has 0 fully saturated rings. The average Bonchev–Trinajstić information content (AvgIpc) is 2.52. The maximum absolute atomic E-state index is 12.0. The SMILES string of the molecule is CCc1c(C)nc(SCc2cccc3ccccc23)[nH]c1=O. The van der Waals surface area contributed by atoms with Crippen LogP contribution in [-0.4, -0.2) is 9.97 Å². The van der Waals surface area contributed by atoms with Gasteiger partial charge in [-0.2, -0.15) is 0 Å². The van der Waals surface area contributed by atoms with Gasteiger partial charge in [0.25, 0.3) is 5.56 Å². The zero-order valence-electron chi connectivity index (χ0n) is 12.7. The topological polar surface area (TPSA) is 45.8 Å². The van der Waals surface area contributed by atoms with Crippen molar-refractivity contribution in [3.63, 3.8) is 0 Å². The highest BCUT2D eigenvalue weighted by molar-refractivity contribution is 7.98. The fourth-order valence-corrected chi connectivity index (χ4v) is 3.54. The molecule has 22 heavy (non-hydrogen) atoms. The Hall–Kier alpha value is -2.07. The van der Waals surface area contributed by atoms with Crippen LogP contribution in [0.2, 0.25) is 0 Å². The first-order chi connectivity index (χ1) is 10.7. The predicted molar refractivity (Wildman–Crippen MR) is 92.5 cm³/mol. The smallest absolute Gasteiger partial charge is 0.254 e. The van der Waals surface area contributed by atoms with Crippen molar-refractivity contribution in [3.8, 4) is 0 Å². The van der Waals surface area contributed by atoms with Gasteiger partial charge in [0.15, 0.2) is 5.16 Å². The third-order valence-electron chi connectivity index (χ3n) is 3.80. The molecule has 0 bridgehead atoms. The normalized spacial score (nSPS) is 11.0. The molecule has 3 nitrogen and oxygen atoms in total. The Morgan fingerprint density at radius 1 is 1.14 bits per heavy atom. The Bertz CT molecular complexity index is 865. The average molecular weight is 310 g/mol. The summed E-state index contributed by atoms with van der Waals surface area (Å²) in [6, 6.07) is 14.7. The van der Waals surface area contributed by atoms with Gasteiger partial charge in [0.05, 0.1) is 0 Å². The van der Waals surface area contributed by atoms with Crippen LogP contribution in [-0.2, 0) is 12.2 Å². The zero-order chi connectivity index (χ0) is 15.5. The first-order valence-corrected chi connectivity index (χ1v) is 8.37. The van der Waals surface area contributed by atoms with Crippen molar-refractivity contribution in [3.05, 3.63) is 69.6 Å². The molecule has 0 radical (unpaired) electrons. The number of benzene rings is 2. The second-order valence-electron chi connectivity index (χ2n) is 5.22. The quantitative estimate of drug-likeness (QED) is 0.583. The van der Waals surface area contributed by atoms with Crippen molar-refractivity contribution in [2.75, 3.05) is 0 Å². The Morgan fingerprint density at radius 3 is 2.68 bits per heavy atom. The highest BCUT2D eigenvalue weighted by Crippen LogP contribution is 2.25. The van der Waals surface area contributed by atoms with Crippen molar-refractivity contribution in [2.45, 2.75) is 31.2 Å². The van der Waals surface area contributed by atoms with Crippen LogP contribution < -0.4 is 5.56 Å². The van der Waals surface area contributed by atoms with Gasteiger partial charge in [-0.05, 0) is 29.7 Å². The van der Waals surface area contributed by atoms with Crippen molar-refractivity contribution in [1.82, 2.24) is 9.97 Å².